The topological polar surface area (TPSA) is 223 Å². The molecule has 58 heavy (non-hydrogen) atoms. The number of ether oxygens (including phenoxy) is 2. The highest BCUT2D eigenvalue weighted by molar-refractivity contribution is 5.77. The Morgan fingerprint density at radius 2 is 1.17 bits per heavy atom. The van der Waals surface area contributed by atoms with E-state index < -0.39 is 0 Å². The zero-order chi connectivity index (χ0) is 39.3. The smallest absolute Gasteiger partial charge is 0.325 e. The molecular formula is C42H103N3O13. The fraction of sp³-hybridized carbons (Fsp3) is 0.905. The number of carbonyl (C=O) groups is 4. The van der Waals surface area contributed by atoms with Crippen molar-refractivity contribution in [1.82, 2.24) is 15.7 Å². The Kier molecular flexibility index (Phi) is 92.7. The zero-order valence-corrected chi connectivity index (χ0v) is 31.9. The van der Waals surface area contributed by atoms with Crippen molar-refractivity contribution in [2.24, 2.45) is 11.3 Å². The molecule has 0 saturated carbocycles. The predicted octanol–water partition coefficient (Wildman–Crippen LogP) is 6.65. The number of hydrogen-bond donors (Lipinski definition) is 6. The molecular weight excluding hydrogens is 754 g/mol. The summed E-state index contributed by atoms with van der Waals surface area (Å²) in [7, 11) is 0. The molecule has 0 aliphatic rings. The molecule has 1 amide bonds. The summed E-state index contributed by atoms with van der Waals surface area (Å²) in [6.45, 7) is 21.6. The van der Waals surface area contributed by atoms with Crippen LogP contribution in [0.5, 0.6) is 0 Å². The first-order valence-electron chi connectivity index (χ1n) is 17.2. The Labute approximate surface area is 359 Å². The minimum atomic E-state index is -0.340. The first kappa shape index (κ1) is 87.4. The van der Waals surface area contributed by atoms with Gasteiger partial charge in [0.2, 0.25) is 5.91 Å². The van der Waals surface area contributed by atoms with Crippen molar-refractivity contribution >= 4 is 25.5 Å². The summed E-state index contributed by atoms with van der Waals surface area (Å²) in [6.07, 6.45) is 3.97. The summed E-state index contributed by atoms with van der Waals surface area (Å²) in [6, 6.07) is -0.0951. The summed E-state index contributed by atoms with van der Waals surface area (Å²) in [5, 5.41) is 38.8. The Bertz CT molecular complexity index is 755. The van der Waals surface area contributed by atoms with E-state index in [1.807, 2.05) is 34.3 Å². The maximum atomic E-state index is 12.2. The number of unbranched alkanes of at least 4 members (excludes halogenated alkanes) is 1. The second-order valence-electron chi connectivity index (χ2n) is 12.9. The molecule has 0 aromatic rings. The van der Waals surface area contributed by atoms with Gasteiger partial charge in [-0.2, -0.15) is 5.48 Å². The zero-order valence-electron chi connectivity index (χ0n) is 31.9. The molecule has 2 unspecified atom stereocenters. The second-order valence-corrected chi connectivity index (χ2v) is 12.9. The third kappa shape index (κ3) is 56.0. The molecule has 0 spiro atoms. The van der Waals surface area contributed by atoms with Gasteiger partial charge in [0.25, 0.3) is 0 Å². The van der Waals surface area contributed by atoms with Crippen molar-refractivity contribution in [1.29, 1.82) is 0 Å². The molecule has 0 fully saturated rings. The summed E-state index contributed by atoms with van der Waals surface area (Å²) in [5.41, 5.74) is 2.25. The molecule has 0 radical (unpaired) electrons. The van der Waals surface area contributed by atoms with Gasteiger partial charge in [-0.15, -0.1) is 0 Å². The summed E-state index contributed by atoms with van der Waals surface area (Å²) in [4.78, 5) is 57.0. The molecule has 6 N–H and O–H groups in total. The van der Waals surface area contributed by atoms with E-state index in [0.717, 1.165) is 12.8 Å². The van der Waals surface area contributed by atoms with Gasteiger partial charge in [-0.1, -0.05) is 93.5 Å². The van der Waals surface area contributed by atoms with Gasteiger partial charge < -0.3 is 49.2 Å². The number of nitrogens with zero attached hydrogens (tertiary/aromatic N) is 1. The molecule has 0 heterocycles. The fourth-order valence-corrected chi connectivity index (χ4v) is 4.44. The van der Waals surface area contributed by atoms with Crippen LogP contribution in [0.3, 0.4) is 0 Å². The predicted molar refractivity (Wildman–Crippen MR) is 243 cm³/mol. The quantitative estimate of drug-likeness (QED) is 0.0220. The average molecular weight is 858 g/mol. The van der Waals surface area contributed by atoms with Crippen LogP contribution in [0.15, 0.2) is 0 Å². The SMILES string of the molecule is C.C.C.C.C.C.C.C.C=O.C=O.CC(C)(C)N(CCOCCCO)C(=O)CCO.CCCCNOC(=O)CC(CCO)C(NCOOCCOCCCO)C(C)(C)C. The van der Waals surface area contributed by atoms with Gasteiger partial charge in [-0.25, -0.2) is 9.78 Å². The van der Waals surface area contributed by atoms with Gasteiger partial charge in [-0.3, -0.25) is 14.9 Å². The Morgan fingerprint density at radius 1 is 0.672 bits per heavy atom. The summed E-state index contributed by atoms with van der Waals surface area (Å²) in [5.74, 6) is -0.524. The van der Waals surface area contributed by atoms with E-state index >= 15 is 0 Å². The van der Waals surface area contributed by atoms with Crippen molar-refractivity contribution in [2.75, 3.05) is 79.3 Å². The van der Waals surface area contributed by atoms with Crippen molar-refractivity contribution in [3.05, 3.63) is 0 Å². The van der Waals surface area contributed by atoms with Crippen LogP contribution < -0.4 is 10.8 Å². The van der Waals surface area contributed by atoms with E-state index in [0.29, 0.717) is 58.8 Å². The molecule has 0 aliphatic carbocycles. The first-order chi connectivity index (χ1) is 23.8. The van der Waals surface area contributed by atoms with Crippen LogP contribution in [0, 0.1) is 11.3 Å². The maximum absolute atomic E-state index is 12.2. The van der Waals surface area contributed by atoms with Crippen molar-refractivity contribution < 1.29 is 63.7 Å². The fourth-order valence-electron chi connectivity index (χ4n) is 4.44. The monoisotopic (exact) mass is 858 g/mol. The number of hydroxylamine groups is 1. The van der Waals surface area contributed by atoms with Crippen LogP contribution in [-0.2, 0) is 43.3 Å². The van der Waals surface area contributed by atoms with E-state index in [2.05, 4.69) is 38.5 Å². The third-order valence-corrected chi connectivity index (χ3v) is 6.70. The van der Waals surface area contributed by atoms with Crippen molar-refractivity contribution in [3.63, 3.8) is 0 Å². The number of carbonyl (C=O) groups excluding carboxylic acids is 4. The lowest BCUT2D eigenvalue weighted by Gasteiger charge is -2.37. The number of aliphatic hydroxyl groups excluding tert-OH is 4. The van der Waals surface area contributed by atoms with E-state index in [1.54, 1.807) is 4.90 Å². The summed E-state index contributed by atoms with van der Waals surface area (Å²) >= 11 is 0. The lowest BCUT2D eigenvalue weighted by atomic mass is 9.76. The lowest BCUT2D eigenvalue weighted by Crippen LogP contribution is -2.48. The second kappa shape index (κ2) is 61.5. The van der Waals surface area contributed by atoms with Crippen LogP contribution in [0.25, 0.3) is 0 Å². The molecule has 16 heteroatoms. The lowest BCUT2D eigenvalue weighted by molar-refractivity contribution is -0.305. The van der Waals surface area contributed by atoms with Gasteiger partial charge in [0.15, 0.2) is 0 Å². The molecule has 0 aromatic carbocycles. The minimum Gasteiger partial charge on any atom is -0.396 e. The van der Waals surface area contributed by atoms with E-state index in [1.165, 1.54) is 0 Å². The van der Waals surface area contributed by atoms with Crippen molar-refractivity contribution in [3.8, 4) is 0 Å². The van der Waals surface area contributed by atoms with Crippen LogP contribution in [0.2, 0.25) is 0 Å². The third-order valence-electron chi connectivity index (χ3n) is 6.70. The standard InChI is InChI=1S/C20H42N2O7.C12H25NO4.2CH2O.8CH4/c1-5-6-9-22-29-18(25)15-17(8-11-24)19(20(2,3)4)21-16-28-27-14-13-26-12-7-10-23;1-12(2,3)13(11(16)5-8-15)6-10-17-9-4-7-14;2*1-2;;;;;;;;/h17,19,21-24H,5-16H2,1-4H3;14-15H,4-10H2,1-3H3;2*1H2;8*1H4. The van der Waals surface area contributed by atoms with Crippen molar-refractivity contribution in [2.45, 2.75) is 164 Å². The number of hydrogen-bond acceptors (Lipinski definition) is 15. The highest BCUT2D eigenvalue weighted by atomic mass is 17.2. The highest BCUT2D eigenvalue weighted by Gasteiger charge is 2.33. The maximum Gasteiger partial charge on any atom is 0.325 e. The van der Waals surface area contributed by atoms with E-state index in [4.69, 9.17) is 49.0 Å². The molecule has 2 atom stereocenters. The normalized spacial score (nSPS) is 10.5. The molecule has 0 rings (SSSR count). The van der Waals surface area contributed by atoms with Gasteiger partial charge in [0.05, 0.1) is 26.2 Å². The van der Waals surface area contributed by atoms with Crippen LogP contribution >= 0.6 is 0 Å². The Hall–Kier alpha value is -2.12. The van der Waals surface area contributed by atoms with Gasteiger partial charge in [0.1, 0.15) is 26.9 Å². The van der Waals surface area contributed by atoms with Crippen LogP contribution in [0.4, 0.5) is 0 Å². The Balaban J connectivity index is -0.0000000640. The number of aliphatic hydroxyl groups is 4. The first-order valence-corrected chi connectivity index (χ1v) is 17.2. The number of amides is 1. The van der Waals surface area contributed by atoms with Gasteiger partial charge in [0, 0.05) is 64.1 Å². The largest absolute Gasteiger partial charge is 0.396 e. The van der Waals surface area contributed by atoms with Gasteiger partial charge in [-0.05, 0) is 57.8 Å². The number of rotatable bonds is 27. The molecule has 0 saturated heterocycles. The van der Waals surface area contributed by atoms with E-state index in [9.17, 15) is 14.7 Å². The highest BCUT2D eigenvalue weighted by Crippen LogP contribution is 2.29. The number of nitrogens with one attached hydrogen (secondary N) is 2. The van der Waals surface area contributed by atoms with E-state index in [-0.39, 0.29) is 147 Å². The van der Waals surface area contributed by atoms with Crippen LogP contribution in [-0.4, -0.2) is 142 Å². The molecule has 0 aliphatic heterocycles. The minimum absolute atomic E-state index is 0. The molecule has 364 valence electrons. The average Bonchev–Trinajstić information content (AvgIpc) is 3.06. The Morgan fingerprint density at radius 3 is 1.59 bits per heavy atom. The molecule has 0 aromatic heterocycles. The molecule has 16 nitrogen and oxygen atoms in total. The van der Waals surface area contributed by atoms with Crippen LogP contribution in [0.1, 0.15) is 153 Å². The molecule has 0 bridgehead atoms. The van der Waals surface area contributed by atoms with Gasteiger partial charge >= 0.3 is 5.97 Å². The summed E-state index contributed by atoms with van der Waals surface area (Å²) < 4.78 is 10.6.